The summed E-state index contributed by atoms with van der Waals surface area (Å²) in [5.74, 6) is 1.03. The van der Waals surface area contributed by atoms with E-state index in [0.717, 1.165) is 46.6 Å². The molecule has 10 heteroatoms. The summed E-state index contributed by atoms with van der Waals surface area (Å²) in [4.78, 5) is 22.1. The van der Waals surface area contributed by atoms with E-state index in [1.54, 1.807) is 19.2 Å². The molecule has 0 bridgehead atoms. The van der Waals surface area contributed by atoms with Crippen LogP contribution in [0.3, 0.4) is 0 Å². The van der Waals surface area contributed by atoms with Crippen LogP contribution in [-0.2, 0) is 7.05 Å². The largest absolute Gasteiger partial charge is 0.494 e. The number of likely N-dealkylation sites (tertiary alicyclic amines) is 1. The first-order valence-electron chi connectivity index (χ1n) is 13.6. The Kier molecular flexibility index (Phi) is 6.47. The van der Waals surface area contributed by atoms with E-state index in [9.17, 15) is 14.3 Å². The normalized spacial score (nSPS) is 21.2. The number of nitrogens with zero attached hydrogens (tertiary/aromatic N) is 5. The fourth-order valence-corrected chi connectivity index (χ4v) is 6.39. The molecule has 2 aliphatic rings. The molecule has 0 aliphatic carbocycles. The van der Waals surface area contributed by atoms with Crippen LogP contribution < -0.4 is 15.4 Å². The molecule has 6 rings (SSSR count). The van der Waals surface area contributed by atoms with E-state index in [4.69, 9.17) is 15.5 Å². The monoisotopic (exact) mass is 534 g/mol. The molecule has 0 radical (unpaired) electrons. The highest BCUT2D eigenvalue weighted by atomic mass is 19.1. The lowest BCUT2D eigenvalue weighted by molar-refractivity contribution is 0.0606. The van der Waals surface area contributed by atoms with Crippen LogP contribution in [-0.4, -0.2) is 82.1 Å². The molecule has 4 heterocycles. The van der Waals surface area contributed by atoms with Crippen LogP contribution in [0.15, 0.2) is 36.4 Å². The molecule has 2 aliphatic heterocycles. The van der Waals surface area contributed by atoms with Gasteiger partial charge in [0.2, 0.25) is 0 Å². The van der Waals surface area contributed by atoms with Gasteiger partial charge in [0.05, 0.1) is 48.7 Å². The number of aromatic nitrogens is 3. The Morgan fingerprint density at radius 2 is 2.03 bits per heavy atom. The Morgan fingerprint density at radius 3 is 2.74 bits per heavy atom. The lowest BCUT2D eigenvalue weighted by Gasteiger charge is -2.36. The van der Waals surface area contributed by atoms with E-state index >= 15 is 0 Å². The molecular weight excluding hydrogens is 499 g/mol. The zero-order valence-corrected chi connectivity index (χ0v) is 22.6. The van der Waals surface area contributed by atoms with Crippen LogP contribution in [0, 0.1) is 0 Å². The lowest BCUT2D eigenvalue weighted by atomic mass is 10.0. The number of piperidine rings is 1. The number of halogens is 1. The number of carbonyl (C=O) groups excluding carboxylic acids is 1. The fourth-order valence-electron chi connectivity index (χ4n) is 6.39. The second kappa shape index (κ2) is 9.84. The van der Waals surface area contributed by atoms with E-state index in [1.165, 1.54) is 4.90 Å². The SMILES string of the molecule is CCC1CN(CCO)c2cccc3cc(-c4nc5cc(C(=O)N6C[C@H](N)C[C@@H](F)C6)cc(OC)c5n4C)n1c23. The molecule has 39 heavy (non-hydrogen) atoms. The number of hydrogen-bond acceptors (Lipinski definition) is 6. The number of ether oxygens (including phenoxy) is 1. The second-order valence-corrected chi connectivity index (χ2v) is 10.7. The third-order valence-electron chi connectivity index (χ3n) is 8.17. The molecule has 1 saturated heterocycles. The third-order valence-corrected chi connectivity index (χ3v) is 8.17. The molecule has 3 atom stereocenters. The van der Waals surface area contributed by atoms with Crippen molar-refractivity contribution in [2.75, 3.05) is 44.8 Å². The van der Waals surface area contributed by atoms with Gasteiger partial charge in [0.15, 0.2) is 5.82 Å². The second-order valence-electron chi connectivity index (χ2n) is 10.7. The van der Waals surface area contributed by atoms with Crippen molar-refractivity contribution in [1.29, 1.82) is 0 Å². The summed E-state index contributed by atoms with van der Waals surface area (Å²) in [6.07, 6.45) is 0.0593. The highest BCUT2D eigenvalue weighted by molar-refractivity contribution is 6.01. The Labute approximate surface area is 226 Å². The van der Waals surface area contributed by atoms with Gasteiger partial charge in [-0.2, -0.15) is 0 Å². The number of β-amino-alcohol motifs (C(OH)–C–C–N with tert-alkyl or cyclic N) is 1. The molecule has 4 aromatic rings. The van der Waals surface area contributed by atoms with E-state index in [2.05, 4.69) is 34.6 Å². The summed E-state index contributed by atoms with van der Waals surface area (Å²) in [5.41, 5.74) is 11.0. The number of methoxy groups -OCH3 is 1. The number of aryl methyl sites for hydroxylation is 1. The molecule has 2 aromatic heterocycles. The van der Waals surface area contributed by atoms with Crippen LogP contribution in [0.4, 0.5) is 10.1 Å². The Hall–Kier alpha value is -3.63. The van der Waals surface area contributed by atoms with Gasteiger partial charge >= 0.3 is 0 Å². The van der Waals surface area contributed by atoms with E-state index in [1.807, 2.05) is 17.7 Å². The number of carbonyl (C=O) groups is 1. The van der Waals surface area contributed by atoms with E-state index in [0.29, 0.717) is 29.9 Å². The summed E-state index contributed by atoms with van der Waals surface area (Å²) in [6, 6.07) is 11.7. The van der Waals surface area contributed by atoms with E-state index in [-0.39, 0.29) is 37.6 Å². The van der Waals surface area contributed by atoms with Crippen LogP contribution in [0.5, 0.6) is 5.75 Å². The molecule has 9 nitrogen and oxygen atoms in total. The van der Waals surface area contributed by atoms with Gasteiger partial charge in [0, 0.05) is 43.7 Å². The Bertz CT molecular complexity index is 1550. The molecule has 206 valence electrons. The maximum Gasteiger partial charge on any atom is 0.254 e. The van der Waals surface area contributed by atoms with Crippen molar-refractivity contribution in [3.63, 3.8) is 0 Å². The number of hydrogen-bond donors (Lipinski definition) is 2. The first kappa shape index (κ1) is 25.6. The van der Waals surface area contributed by atoms with Gasteiger partial charge in [0.1, 0.15) is 17.4 Å². The molecular formula is C29H35FN6O3. The Morgan fingerprint density at radius 1 is 1.21 bits per heavy atom. The van der Waals surface area contributed by atoms with Crippen LogP contribution in [0.25, 0.3) is 33.5 Å². The van der Waals surface area contributed by atoms with E-state index < -0.39 is 6.17 Å². The highest BCUT2D eigenvalue weighted by Gasteiger charge is 2.32. The molecule has 2 aromatic carbocycles. The van der Waals surface area contributed by atoms with Crippen LogP contribution in [0.2, 0.25) is 0 Å². The lowest BCUT2D eigenvalue weighted by Crippen LogP contribution is -2.50. The van der Waals surface area contributed by atoms with Gasteiger partial charge in [-0.25, -0.2) is 9.37 Å². The third kappa shape index (κ3) is 4.13. The van der Waals surface area contributed by atoms with Crippen molar-refractivity contribution in [3.05, 3.63) is 42.0 Å². The summed E-state index contributed by atoms with van der Waals surface area (Å²) in [7, 11) is 3.54. The van der Waals surface area contributed by atoms with Gasteiger partial charge in [-0.3, -0.25) is 4.79 Å². The van der Waals surface area contributed by atoms with Crippen LogP contribution >= 0.6 is 0 Å². The predicted octanol–water partition coefficient (Wildman–Crippen LogP) is 3.48. The molecule has 1 fully saturated rings. The average Bonchev–Trinajstić information content (AvgIpc) is 3.47. The van der Waals surface area contributed by atoms with Crippen molar-refractivity contribution in [1.82, 2.24) is 19.0 Å². The van der Waals surface area contributed by atoms with Crippen molar-refractivity contribution in [2.45, 2.75) is 38.0 Å². The van der Waals surface area contributed by atoms with Gasteiger partial charge in [-0.05, 0) is 37.1 Å². The number of anilines is 1. The summed E-state index contributed by atoms with van der Waals surface area (Å²) < 4.78 is 24.3. The zero-order chi connectivity index (χ0) is 27.4. The topological polar surface area (TPSA) is 102 Å². The smallest absolute Gasteiger partial charge is 0.254 e. The maximum atomic E-state index is 14.2. The number of aliphatic hydroxyl groups is 1. The summed E-state index contributed by atoms with van der Waals surface area (Å²) in [6.45, 7) is 4.01. The predicted molar refractivity (Wildman–Crippen MR) is 150 cm³/mol. The molecule has 0 spiro atoms. The first-order valence-corrected chi connectivity index (χ1v) is 13.6. The number of benzene rings is 2. The first-order chi connectivity index (χ1) is 18.8. The number of fused-ring (bicyclic) bond motifs is 1. The Balaban J connectivity index is 1.49. The van der Waals surface area contributed by atoms with Gasteiger partial charge in [-0.1, -0.05) is 19.1 Å². The fraction of sp³-hybridized carbons (Fsp3) is 0.448. The van der Waals surface area contributed by atoms with Crippen molar-refractivity contribution < 1.29 is 19.0 Å². The highest BCUT2D eigenvalue weighted by Crippen LogP contribution is 2.42. The molecule has 3 N–H and O–H groups in total. The molecule has 0 saturated carbocycles. The maximum absolute atomic E-state index is 14.2. The zero-order valence-electron chi connectivity index (χ0n) is 22.6. The van der Waals surface area contributed by atoms with Crippen LogP contribution in [0.1, 0.15) is 36.2 Å². The van der Waals surface area contributed by atoms with Gasteiger partial charge < -0.3 is 34.5 Å². The summed E-state index contributed by atoms with van der Waals surface area (Å²) in [5, 5.41) is 10.8. The number of nitrogens with two attached hydrogens (primary N) is 1. The van der Waals surface area contributed by atoms with Crippen molar-refractivity contribution in [2.24, 2.45) is 12.8 Å². The minimum atomic E-state index is -1.13. The number of aliphatic hydroxyl groups excluding tert-OH is 1. The molecule has 1 amide bonds. The van der Waals surface area contributed by atoms with Gasteiger partial charge in [-0.15, -0.1) is 0 Å². The van der Waals surface area contributed by atoms with Crippen molar-refractivity contribution in [3.8, 4) is 17.3 Å². The standard InChI is InChI=1S/C29H35FN6O3/c1-4-21-16-34(8-9-37)23-7-5-6-17-11-24(36(21)26(17)23)28-32-22-10-18(12-25(39-3)27(22)33(28)2)29(38)35-14-19(30)13-20(31)15-35/h5-7,10-12,19-21,37H,4,8-9,13-16,31H2,1-3H3/t19-,20-,21?/m1/s1. The minimum absolute atomic E-state index is 0.0362. The average molecular weight is 535 g/mol. The number of para-hydroxylation sites is 1. The number of rotatable bonds is 6. The summed E-state index contributed by atoms with van der Waals surface area (Å²) >= 11 is 0. The van der Waals surface area contributed by atoms with Crippen molar-refractivity contribution >= 4 is 33.5 Å². The number of amides is 1. The number of alkyl halides is 1. The quantitative estimate of drug-likeness (QED) is 0.393. The number of imidazole rings is 1. The molecule has 1 unspecified atom stereocenters. The minimum Gasteiger partial charge on any atom is -0.494 e. The van der Waals surface area contributed by atoms with Gasteiger partial charge in [0.25, 0.3) is 5.91 Å².